The topological polar surface area (TPSA) is 179 Å². The maximum Gasteiger partial charge on any atom is 0.338 e. The second-order valence-corrected chi connectivity index (χ2v) is 16.7. The van der Waals surface area contributed by atoms with Gasteiger partial charge in [-0.05, 0) is 81.4 Å². The van der Waals surface area contributed by atoms with Gasteiger partial charge in [0, 0.05) is 42.3 Å². The molecule has 6 N–H and O–H groups in total. The van der Waals surface area contributed by atoms with Crippen molar-refractivity contribution < 1.29 is 54.4 Å². The van der Waals surface area contributed by atoms with Crippen LogP contribution in [0.4, 0.5) is 0 Å². The molecular weight excluding hydrogens is 622 g/mol. The van der Waals surface area contributed by atoms with Crippen molar-refractivity contribution in [2.75, 3.05) is 27.3 Å². The van der Waals surface area contributed by atoms with Gasteiger partial charge in [0.1, 0.15) is 11.7 Å². The van der Waals surface area contributed by atoms with E-state index in [1.54, 1.807) is 13.0 Å². The average Bonchev–Trinajstić information content (AvgIpc) is 3.33. The Morgan fingerprint density at radius 2 is 1.73 bits per heavy atom. The van der Waals surface area contributed by atoms with Crippen LogP contribution in [-0.2, 0) is 9.47 Å². The van der Waals surface area contributed by atoms with E-state index in [0.29, 0.717) is 36.8 Å². The van der Waals surface area contributed by atoms with E-state index in [2.05, 4.69) is 11.8 Å². The fraction of sp³-hybridized carbons (Fsp3) is 0.806. The summed E-state index contributed by atoms with van der Waals surface area (Å²) in [7, 11) is 2.93. The Hall–Kier alpha value is -2.03. The number of hydrogen-bond donors (Lipinski definition) is 6. The molecule has 8 rings (SSSR count). The molecule has 4 aliphatic carbocycles. The molecule has 16 atom stereocenters. The summed E-state index contributed by atoms with van der Waals surface area (Å²) < 4.78 is 23.7. The van der Waals surface area contributed by atoms with Crippen LogP contribution in [0.3, 0.4) is 0 Å². The van der Waals surface area contributed by atoms with Crippen molar-refractivity contribution in [2.45, 2.75) is 112 Å². The highest BCUT2D eigenvalue weighted by Crippen LogP contribution is 2.77. The fourth-order valence-electron chi connectivity index (χ4n) is 12.7. The third-order valence-electron chi connectivity index (χ3n) is 14.7. The minimum Gasteiger partial charge on any atom is -0.493 e. The van der Waals surface area contributed by atoms with E-state index in [0.717, 1.165) is 19.4 Å². The number of fused-ring (bicyclic) bond motifs is 5. The third kappa shape index (κ3) is 3.92. The first-order valence-corrected chi connectivity index (χ1v) is 17.7. The van der Waals surface area contributed by atoms with E-state index in [4.69, 9.17) is 18.9 Å². The first kappa shape index (κ1) is 33.1. The van der Waals surface area contributed by atoms with Gasteiger partial charge in [-0.15, -0.1) is 0 Å². The van der Waals surface area contributed by atoms with Gasteiger partial charge in [-0.2, -0.15) is 0 Å². The number of piperidine rings is 2. The molecule has 0 amide bonds. The van der Waals surface area contributed by atoms with Crippen molar-refractivity contribution >= 4 is 5.97 Å². The Morgan fingerprint density at radius 3 is 2.44 bits per heavy atom. The highest BCUT2D eigenvalue weighted by Gasteiger charge is 2.86. The zero-order valence-electron chi connectivity index (χ0n) is 28.4. The van der Waals surface area contributed by atoms with E-state index in [9.17, 15) is 35.4 Å². The van der Waals surface area contributed by atoms with E-state index in [1.165, 1.54) is 26.4 Å². The summed E-state index contributed by atoms with van der Waals surface area (Å²) in [4.78, 5) is 16.3. The van der Waals surface area contributed by atoms with Crippen LogP contribution >= 0.6 is 0 Å². The molecule has 4 saturated carbocycles. The number of benzene rings is 1. The molecule has 0 aromatic heterocycles. The van der Waals surface area contributed by atoms with Gasteiger partial charge >= 0.3 is 5.97 Å². The lowest BCUT2D eigenvalue weighted by Gasteiger charge is -2.64. The lowest BCUT2D eigenvalue weighted by Crippen LogP contribution is -2.77. The molecule has 0 unspecified atom stereocenters. The van der Waals surface area contributed by atoms with Crippen molar-refractivity contribution in [3.8, 4) is 11.5 Å². The number of aliphatic hydroxyl groups excluding tert-OH is 3. The summed E-state index contributed by atoms with van der Waals surface area (Å²) in [6.07, 6.45) is -2.64. The minimum absolute atomic E-state index is 0.0650. The van der Waals surface area contributed by atoms with Crippen LogP contribution < -0.4 is 9.47 Å². The molecule has 12 nitrogen and oxygen atoms in total. The Kier molecular flexibility index (Phi) is 7.25. The van der Waals surface area contributed by atoms with Crippen LogP contribution in [0, 0.1) is 40.9 Å². The van der Waals surface area contributed by atoms with Crippen LogP contribution in [0.1, 0.15) is 69.7 Å². The molecule has 4 bridgehead atoms. The summed E-state index contributed by atoms with van der Waals surface area (Å²) in [6.45, 7) is 7.22. The molecule has 1 spiro atoms. The molecule has 0 radical (unpaired) electrons. The van der Waals surface area contributed by atoms with E-state index in [-0.39, 0.29) is 24.4 Å². The van der Waals surface area contributed by atoms with Crippen LogP contribution in [0.15, 0.2) is 18.2 Å². The molecule has 1 aromatic carbocycles. The predicted molar refractivity (Wildman–Crippen MR) is 169 cm³/mol. The summed E-state index contributed by atoms with van der Waals surface area (Å²) in [5, 5.41) is 73.3. The van der Waals surface area contributed by atoms with E-state index in [1.807, 2.05) is 6.92 Å². The quantitative estimate of drug-likeness (QED) is 0.251. The summed E-state index contributed by atoms with van der Waals surface area (Å²) in [6, 6.07) is 4.32. The van der Waals surface area contributed by atoms with Gasteiger partial charge < -0.3 is 49.6 Å². The monoisotopic (exact) mass is 673 g/mol. The van der Waals surface area contributed by atoms with Crippen LogP contribution in [-0.4, -0.2) is 122 Å². The van der Waals surface area contributed by atoms with Crippen LogP contribution in [0.2, 0.25) is 0 Å². The third-order valence-corrected chi connectivity index (χ3v) is 14.7. The molecule has 1 aromatic rings. The minimum atomic E-state index is -2.00. The lowest BCUT2D eigenvalue weighted by molar-refractivity contribution is -0.295. The number of rotatable bonds is 4. The van der Waals surface area contributed by atoms with Crippen LogP contribution in [0.25, 0.3) is 0 Å². The van der Waals surface area contributed by atoms with Crippen molar-refractivity contribution in [3.63, 3.8) is 0 Å². The maximum absolute atomic E-state index is 14.0. The summed E-state index contributed by atoms with van der Waals surface area (Å²) >= 11 is 0. The number of aliphatic hydroxyl groups is 6. The fourth-order valence-corrected chi connectivity index (χ4v) is 12.7. The zero-order valence-corrected chi connectivity index (χ0v) is 28.4. The summed E-state index contributed by atoms with van der Waals surface area (Å²) in [5.74, 6) is -5.15. The largest absolute Gasteiger partial charge is 0.493 e. The van der Waals surface area contributed by atoms with Gasteiger partial charge in [0.25, 0.3) is 0 Å². The Morgan fingerprint density at radius 1 is 1.00 bits per heavy atom. The number of carbonyl (C=O) groups is 1. The number of ether oxygens (including phenoxy) is 4. The van der Waals surface area contributed by atoms with Gasteiger partial charge in [-0.3, -0.25) is 4.90 Å². The molecule has 48 heavy (non-hydrogen) atoms. The molecule has 7 aliphatic rings. The summed E-state index contributed by atoms with van der Waals surface area (Å²) in [5.41, 5.74) is -5.30. The normalized spacial score (nSPS) is 53.6. The second kappa shape index (κ2) is 10.5. The predicted octanol–water partition coefficient (Wildman–Crippen LogP) is 1.07. The Bertz CT molecular complexity index is 1490. The van der Waals surface area contributed by atoms with E-state index >= 15 is 0 Å². The zero-order chi connectivity index (χ0) is 34.3. The van der Waals surface area contributed by atoms with Crippen molar-refractivity contribution in [2.24, 2.45) is 40.9 Å². The SMILES string of the molecule is COc1ccc(C(=O)O[C@H]2[C@H](O)[C@H]3[C@@H](CN4C[C@@H](C)CC[C@H]4[C@@]3(C)O)[C@@H]3C[C@@]45O[C@]6(O)[C@@H](C[C@@H](O)[C@H]4[C@@]32O)[C@]5(C)CC[C@@H]6O)cc1OC. The maximum atomic E-state index is 14.0. The average molecular weight is 674 g/mol. The van der Waals surface area contributed by atoms with Gasteiger partial charge in [0.15, 0.2) is 23.4 Å². The van der Waals surface area contributed by atoms with Gasteiger partial charge in [-0.25, -0.2) is 4.79 Å². The van der Waals surface area contributed by atoms with E-state index < -0.39 is 88.0 Å². The molecule has 12 heteroatoms. The Labute approximate surface area is 280 Å². The highest BCUT2D eigenvalue weighted by molar-refractivity contribution is 5.90. The number of methoxy groups -OCH3 is 2. The number of esters is 1. The van der Waals surface area contributed by atoms with Crippen LogP contribution in [0.5, 0.6) is 11.5 Å². The number of carbonyl (C=O) groups excluding carboxylic acids is 1. The molecule has 3 heterocycles. The number of hydrogen-bond acceptors (Lipinski definition) is 12. The second-order valence-electron chi connectivity index (χ2n) is 16.7. The first-order valence-electron chi connectivity index (χ1n) is 17.7. The standard InChI is InChI=1S/C36H51NO11/c1-17-6-9-25-33(3,42)27-19(16-37(25)15-17)20-14-34-29(21(38)13-24-32(34,2)11-10-26(39)36(24,44)48-34)35(20,43)30(28(27)40)47-31(41)18-7-8-22(45-4)23(12-18)46-5/h7-8,12,17,19-21,24-30,38-40,42-44H,6,9-11,13-16H2,1-5H3/t17-,19-,20-,21+,24-,25-,26-,27+,28+,29+,30-,32-,33+,34+,35-,36+/m0/s1. The first-order chi connectivity index (χ1) is 22.6. The number of nitrogens with zero attached hydrogens (tertiary/aromatic N) is 1. The van der Waals surface area contributed by atoms with Gasteiger partial charge in [0.05, 0.1) is 43.2 Å². The van der Waals surface area contributed by atoms with Crippen molar-refractivity contribution in [1.29, 1.82) is 0 Å². The molecule has 3 aliphatic heterocycles. The van der Waals surface area contributed by atoms with Gasteiger partial charge in [0.2, 0.25) is 0 Å². The molecule has 266 valence electrons. The Balaban J connectivity index is 1.27. The smallest absolute Gasteiger partial charge is 0.338 e. The highest BCUT2D eigenvalue weighted by atomic mass is 16.7. The molecule has 7 fully saturated rings. The van der Waals surface area contributed by atoms with Crippen molar-refractivity contribution in [1.82, 2.24) is 4.90 Å². The van der Waals surface area contributed by atoms with Crippen molar-refractivity contribution in [3.05, 3.63) is 23.8 Å². The molecular formula is C36H51NO11. The lowest BCUT2D eigenvalue weighted by atomic mass is 9.49. The van der Waals surface area contributed by atoms with Gasteiger partial charge in [-0.1, -0.05) is 13.8 Å². The molecule has 3 saturated heterocycles.